The molecule has 19 heavy (non-hydrogen) atoms. The van der Waals surface area contributed by atoms with Gasteiger partial charge in [0.15, 0.2) is 0 Å². The third-order valence-electron chi connectivity index (χ3n) is 2.28. The summed E-state index contributed by atoms with van der Waals surface area (Å²) in [5, 5.41) is 12.9. The average molecular weight is 261 g/mol. The summed E-state index contributed by atoms with van der Waals surface area (Å²) < 4.78 is 13.0. The highest BCUT2D eigenvalue weighted by Gasteiger charge is 2.11. The number of carbonyl (C=O) groups excluding carboxylic acids is 1. The number of hydrogen-bond donors (Lipinski definition) is 1. The van der Waals surface area contributed by atoms with E-state index in [0.29, 0.717) is 0 Å². The van der Waals surface area contributed by atoms with E-state index in [1.54, 1.807) is 0 Å². The summed E-state index contributed by atoms with van der Waals surface area (Å²) in [5.74, 6) is -1.10. The van der Waals surface area contributed by atoms with Crippen molar-refractivity contribution in [3.63, 3.8) is 0 Å². The average Bonchev–Trinajstić information content (AvgIpc) is 2.39. The molecule has 1 heterocycles. The number of aromatic nitrogens is 1. The summed E-state index contributed by atoms with van der Waals surface area (Å²) in [4.78, 5) is 25.5. The summed E-state index contributed by atoms with van der Waals surface area (Å²) in [6, 6.07) is 7.42. The molecule has 0 atom stereocenters. The molecule has 0 saturated heterocycles. The maximum Gasteiger partial charge on any atom is 0.274 e. The van der Waals surface area contributed by atoms with Gasteiger partial charge in [0.2, 0.25) is 0 Å². The Hall–Kier alpha value is -2.83. The number of pyridine rings is 1. The molecule has 0 saturated carbocycles. The first-order chi connectivity index (χ1) is 9.06. The molecule has 2 rings (SSSR count). The number of rotatable bonds is 3. The Bertz CT molecular complexity index is 646. The van der Waals surface area contributed by atoms with E-state index < -0.39 is 16.6 Å². The second-order valence-corrected chi connectivity index (χ2v) is 3.62. The lowest BCUT2D eigenvalue weighted by Gasteiger charge is -2.04. The molecule has 0 radical (unpaired) electrons. The van der Waals surface area contributed by atoms with Crippen molar-refractivity contribution in [1.82, 2.24) is 4.98 Å². The molecule has 1 aromatic carbocycles. The molecule has 0 bridgehead atoms. The molecule has 1 amide bonds. The minimum Gasteiger partial charge on any atom is -0.306 e. The monoisotopic (exact) mass is 261 g/mol. The van der Waals surface area contributed by atoms with Crippen LogP contribution in [0.15, 0.2) is 42.6 Å². The van der Waals surface area contributed by atoms with Crippen molar-refractivity contribution in [2.75, 3.05) is 5.32 Å². The molecule has 1 N–H and O–H groups in total. The van der Waals surface area contributed by atoms with Crippen LogP contribution in [-0.2, 0) is 0 Å². The Morgan fingerprint density at radius 1 is 1.32 bits per heavy atom. The molecule has 0 aliphatic heterocycles. The minimum atomic E-state index is -0.598. The largest absolute Gasteiger partial charge is 0.306 e. The third-order valence-corrected chi connectivity index (χ3v) is 2.28. The quantitative estimate of drug-likeness (QED) is 0.679. The predicted octanol–water partition coefficient (Wildman–Crippen LogP) is 2.38. The summed E-state index contributed by atoms with van der Waals surface area (Å²) in [6.45, 7) is 0. The van der Waals surface area contributed by atoms with Crippen molar-refractivity contribution < 1.29 is 14.1 Å². The standard InChI is InChI=1S/C12H8FN3O3/c13-9-3-1-2-8(6-9)12(17)15-11-7-10(16(18)19)4-5-14-11/h1-7H,(H,14,15,17). The molecule has 0 unspecified atom stereocenters. The van der Waals surface area contributed by atoms with Gasteiger partial charge in [-0.15, -0.1) is 0 Å². The number of hydrogen-bond acceptors (Lipinski definition) is 4. The number of carbonyl (C=O) groups is 1. The molecule has 0 aliphatic rings. The third kappa shape index (κ3) is 3.09. The van der Waals surface area contributed by atoms with E-state index in [4.69, 9.17) is 0 Å². The van der Waals surface area contributed by atoms with Gasteiger partial charge in [-0.3, -0.25) is 14.9 Å². The zero-order chi connectivity index (χ0) is 13.8. The lowest BCUT2D eigenvalue weighted by molar-refractivity contribution is -0.384. The highest BCUT2D eigenvalue weighted by atomic mass is 19.1. The van der Waals surface area contributed by atoms with Gasteiger partial charge < -0.3 is 5.32 Å². The normalized spacial score (nSPS) is 9.95. The molecule has 6 nitrogen and oxygen atoms in total. The van der Waals surface area contributed by atoms with Crippen molar-refractivity contribution in [3.05, 3.63) is 64.1 Å². The first kappa shape index (κ1) is 12.6. The Balaban J connectivity index is 2.19. The van der Waals surface area contributed by atoms with Crippen LogP contribution in [-0.4, -0.2) is 15.8 Å². The SMILES string of the molecule is O=C(Nc1cc([N+](=O)[O-])ccn1)c1cccc(F)c1. The second-order valence-electron chi connectivity index (χ2n) is 3.62. The number of nitro groups is 1. The van der Waals surface area contributed by atoms with E-state index >= 15 is 0 Å². The van der Waals surface area contributed by atoms with Crippen LogP contribution >= 0.6 is 0 Å². The van der Waals surface area contributed by atoms with Crippen molar-refractivity contribution >= 4 is 17.4 Å². The van der Waals surface area contributed by atoms with E-state index in [0.717, 1.165) is 12.1 Å². The summed E-state index contributed by atoms with van der Waals surface area (Å²) >= 11 is 0. The number of anilines is 1. The smallest absolute Gasteiger partial charge is 0.274 e. The van der Waals surface area contributed by atoms with Crippen molar-refractivity contribution in [3.8, 4) is 0 Å². The maximum atomic E-state index is 13.0. The van der Waals surface area contributed by atoms with Gasteiger partial charge in [0.1, 0.15) is 11.6 Å². The van der Waals surface area contributed by atoms with E-state index in [1.165, 1.54) is 30.5 Å². The number of benzene rings is 1. The number of amides is 1. The van der Waals surface area contributed by atoms with Gasteiger partial charge in [-0.1, -0.05) is 6.07 Å². The van der Waals surface area contributed by atoms with Crippen LogP contribution in [0.3, 0.4) is 0 Å². The molecular weight excluding hydrogens is 253 g/mol. The summed E-state index contributed by atoms with van der Waals surface area (Å²) in [7, 11) is 0. The number of nitrogens with one attached hydrogen (secondary N) is 1. The molecule has 1 aromatic heterocycles. The van der Waals surface area contributed by atoms with Crippen molar-refractivity contribution in [2.24, 2.45) is 0 Å². The Kier molecular flexibility index (Phi) is 3.46. The lowest BCUT2D eigenvalue weighted by Crippen LogP contribution is -2.13. The van der Waals surface area contributed by atoms with Crippen LogP contribution in [0.2, 0.25) is 0 Å². The van der Waals surface area contributed by atoms with Crippen LogP contribution in [0.5, 0.6) is 0 Å². The molecule has 2 aromatic rings. The van der Waals surface area contributed by atoms with Gasteiger partial charge in [-0.25, -0.2) is 9.37 Å². The number of halogens is 1. The molecule has 0 fully saturated rings. The fourth-order valence-corrected chi connectivity index (χ4v) is 1.42. The second kappa shape index (κ2) is 5.21. The van der Waals surface area contributed by atoms with Crippen LogP contribution in [0.25, 0.3) is 0 Å². The minimum absolute atomic E-state index is 0.0310. The van der Waals surface area contributed by atoms with Gasteiger partial charge in [0.25, 0.3) is 11.6 Å². The van der Waals surface area contributed by atoms with Gasteiger partial charge in [0.05, 0.1) is 11.0 Å². The maximum absolute atomic E-state index is 13.0. The molecular formula is C12H8FN3O3. The molecule has 96 valence electrons. The van der Waals surface area contributed by atoms with Crippen LogP contribution in [0.4, 0.5) is 15.9 Å². The molecule has 0 aliphatic carbocycles. The topological polar surface area (TPSA) is 85.1 Å². The van der Waals surface area contributed by atoms with Crippen molar-refractivity contribution in [1.29, 1.82) is 0 Å². The zero-order valence-electron chi connectivity index (χ0n) is 9.54. The van der Waals surface area contributed by atoms with Crippen LogP contribution < -0.4 is 5.32 Å². The first-order valence-electron chi connectivity index (χ1n) is 5.23. The van der Waals surface area contributed by atoms with Gasteiger partial charge >= 0.3 is 0 Å². The summed E-state index contributed by atoms with van der Waals surface area (Å²) in [6.07, 6.45) is 1.21. The van der Waals surface area contributed by atoms with Crippen molar-refractivity contribution in [2.45, 2.75) is 0 Å². The van der Waals surface area contributed by atoms with E-state index in [9.17, 15) is 19.3 Å². The first-order valence-corrected chi connectivity index (χ1v) is 5.23. The van der Waals surface area contributed by atoms with E-state index in [-0.39, 0.29) is 17.1 Å². The molecule has 7 heteroatoms. The van der Waals surface area contributed by atoms with Crippen LogP contribution in [0.1, 0.15) is 10.4 Å². The fourth-order valence-electron chi connectivity index (χ4n) is 1.42. The highest BCUT2D eigenvalue weighted by Crippen LogP contribution is 2.15. The van der Waals surface area contributed by atoms with E-state index in [2.05, 4.69) is 10.3 Å². The summed E-state index contributed by atoms with van der Waals surface area (Å²) in [5.41, 5.74) is -0.0853. The fraction of sp³-hybridized carbons (Fsp3) is 0. The lowest BCUT2D eigenvalue weighted by atomic mass is 10.2. The molecule has 0 spiro atoms. The van der Waals surface area contributed by atoms with Crippen LogP contribution in [0, 0.1) is 15.9 Å². The number of nitrogens with zero attached hydrogens (tertiary/aromatic N) is 2. The van der Waals surface area contributed by atoms with Gasteiger partial charge in [0, 0.05) is 17.8 Å². The Morgan fingerprint density at radius 2 is 2.11 bits per heavy atom. The Morgan fingerprint density at radius 3 is 2.79 bits per heavy atom. The van der Waals surface area contributed by atoms with Gasteiger partial charge in [-0.05, 0) is 18.2 Å². The van der Waals surface area contributed by atoms with Gasteiger partial charge in [-0.2, -0.15) is 0 Å². The predicted molar refractivity (Wildman–Crippen MR) is 65.2 cm³/mol. The Labute approximate surface area is 107 Å². The highest BCUT2D eigenvalue weighted by molar-refractivity contribution is 6.03. The van der Waals surface area contributed by atoms with E-state index in [1.807, 2.05) is 0 Å². The zero-order valence-corrected chi connectivity index (χ0v) is 9.54.